The van der Waals surface area contributed by atoms with Crippen molar-refractivity contribution in [2.45, 2.75) is 52.4 Å². The Kier molecular flexibility index (Phi) is 2.96. The number of nitrogens with zero attached hydrogens (tertiary/aromatic N) is 1. The zero-order valence-electron chi connectivity index (χ0n) is 12.3. The maximum absolute atomic E-state index is 4.26. The lowest BCUT2D eigenvalue weighted by Crippen LogP contribution is -2.16. The Bertz CT molecular complexity index is 568. The summed E-state index contributed by atoms with van der Waals surface area (Å²) in [5, 5.41) is 2.57. The van der Waals surface area contributed by atoms with Gasteiger partial charge in [-0.15, -0.1) is 0 Å². The van der Waals surface area contributed by atoms with Crippen LogP contribution in [0.25, 0.3) is 10.8 Å². The first-order chi connectivity index (χ1) is 8.19. The van der Waals surface area contributed by atoms with Crippen LogP contribution in [0.4, 0.5) is 0 Å². The van der Waals surface area contributed by atoms with Gasteiger partial charge in [0.15, 0.2) is 0 Å². The Hall–Kier alpha value is -1.37. The lowest BCUT2D eigenvalue weighted by molar-refractivity contribution is 0.573. The first kappa shape index (κ1) is 13.1. The Morgan fingerprint density at radius 1 is 0.889 bits per heavy atom. The third-order valence-electron chi connectivity index (χ3n) is 3.43. The molecule has 0 aliphatic carbocycles. The van der Waals surface area contributed by atoms with Crippen molar-refractivity contribution in [1.82, 2.24) is 4.98 Å². The Morgan fingerprint density at radius 3 is 2.11 bits per heavy atom. The van der Waals surface area contributed by atoms with Gasteiger partial charge in [-0.25, -0.2) is 0 Å². The van der Waals surface area contributed by atoms with Crippen molar-refractivity contribution >= 4 is 10.8 Å². The summed E-state index contributed by atoms with van der Waals surface area (Å²) < 4.78 is 0. The summed E-state index contributed by atoms with van der Waals surface area (Å²) in [5.41, 5.74) is 3.12. The van der Waals surface area contributed by atoms with Crippen LogP contribution < -0.4 is 0 Å². The molecule has 1 aromatic carbocycles. The number of pyridine rings is 1. The number of rotatable bonds is 0. The molecule has 0 N–H and O–H groups in total. The molecular weight excluding hydrogens is 218 g/mol. The molecule has 2 aromatic rings. The van der Waals surface area contributed by atoms with Crippen molar-refractivity contribution in [2.24, 2.45) is 0 Å². The standard InChI is InChI=1S/C17H23N/c1-16(2,3)13-9-12-11-18-8-7-14(12)15(10-13)17(4,5)6/h7-11H,1-6H3. The third kappa shape index (κ3) is 2.40. The SMILES string of the molecule is CC(C)(C)c1cc(C(C)(C)C)c2ccncc2c1. The van der Waals surface area contributed by atoms with Crippen LogP contribution in [0.5, 0.6) is 0 Å². The van der Waals surface area contributed by atoms with Crippen LogP contribution in [0.3, 0.4) is 0 Å². The smallest absolute Gasteiger partial charge is 0.0346 e. The van der Waals surface area contributed by atoms with Crippen molar-refractivity contribution in [1.29, 1.82) is 0 Å². The van der Waals surface area contributed by atoms with Crippen LogP contribution in [0.15, 0.2) is 30.6 Å². The van der Waals surface area contributed by atoms with Gasteiger partial charge in [-0.2, -0.15) is 0 Å². The first-order valence-corrected chi connectivity index (χ1v) is 6.58. The van der Waals surface area contributed by atoms with Crippen molar-refractivity contribution in [2.75, 3.05) is 0 Å². The number of benzene rings is 1. The monoisotopic (exact) mass is 241 g/mol. The highest BCUT2D eigenvalue weighted by molar-refractivity contribution is 5.86. The van der Waals surface area contributed by atoms with Gasteiger partial charge in [0, 0.05) is 17.8 Å². The van der Waals surface area contributed by atoms with Gasteiger partial charge in [-0.1, -0.05) is 47.6 Å². The van der Waals surface area contributed by atoms with Gasteiger partial charge in [0.2, 0.25) is 0 Å². The molecule has 0 saturated carbocycles. The maximum Gasteiger partial charge on any atom is 0.0346 e. The van der Waals surface area contributed by atoms with Crippen LogP contribution in [-0.2, 0) is 10.8 Å². The summed E-state index contributed by atoms with van der Waals surface area (Å²) in [7, 11) is 0. The minimum absolute atomic E-state index is 0.154. The van der Waals surface area contributed by atoms with Gasteiger partial charge in [0.05, 0.1) is 0 Å². The van der Waals surface area contributed by atoms with E-state index in [1.54, 1.807) is 0 Å². The predicted octanol–water partition coefficient (Wildman–Crippen LogP) is 4.83. The molecule has 2 rings (SSSR count). The molecule has 1 nitrogen and oxygen atoms in total. The molecule has 18 heavy (non-hydrogen) atoms. The molecule has 0 fully saturated rings. The van der Waals surface area contributed by atoms with E-state index in [1.807, 2.05) is 12.4 Å². The van der Waals surface area contributed by atoms with E-state index < -0.39 is 0 Å². The summed E-state index contributed by atoms with van der Waals surface area (Å²) in [6.45, 7) is 13.6. The fraction of sp³-hybridized carbons (Fsp3) is 0.471. The molecule has 0 radical (unpaired) electrons. The van der Waals surface area contributed by atoms with Crippen molar-refractivity contribution in [3.63, 3.8) is 0 Å². The number of hydrogen-bond donors (Lipinski definition) is 0. The summed E-state index contributed by atoms with van der Waals surface area (Å²) in [5.74, 6) is 0. The molecule has 0 spiro atoms. The first-order valence-electron chi connectivity index (χ1n) is 6.58. The fourth-order valence-electron chi connectivity index (χ4n) is 2.26. The van der Waals surface area contributed by atoms with Crippen LogP contribution in [0.2, 0.25) is 0 Å². The Labute approximate surface area is 110 Å². The number of aromatic nitrogens is 1. The minimum Gasteiger partial charge on any atom is -0.264 e. The van der Waals surface area contributed by atoms with E-state index >= 15 is 0 Å². The summed E-state index contributed by atoms with van der Waals surface area (Å²) in [6.07, 6.45) is 3.86. The van der Waals surface area contributed by atoms with Crippen LogP contribution in [0, 0.1) is 0 Å². The van der Waals surface area contributed by atoms with E-state index in [0.29, 0.717) is 0 Å². The third-order valence-corrected chi connectivity index (χ3v) is 3.43. The van der Waals surface area contributed by atoms with Crippen molar-refractivity contribution < 1.29 is 0 Å². The molecule has 0 aliphatic rings. The quantitative estimate of drug-likeness (QED) is 0.643. The van der Waals surface area contributed by atoms with Gasteiger partial charge < -0.3 is 0 Å². The normalized spacial score (nSPS) is 13.0. The predicted molar refractivity (Wildman–Crippen MR) is 79.1 cm³/mol. The highest BCUT2D eigenvalue weighted by Gasteiger charge is 2.21. The molecule has 0 saturated heterocycles. The Morgan fingerprint density at radius 2 is 1.56 bits per heavy atom. The molecule has 0 amide bonds. The molecule has 1 heterocycles. The zero-order chi connectivity index (χ0) is 13.6. The van der Waals surface area contributed by atoms with Crippen molar-refractivity contribution in [3.8, 4) is 0 Å². The van der Waals surface area contributed by atoms with Gasteiger partial charge in [-0.3, -0.25) is 4.98 Å². The fourth-order valence-corrected chi connectivity index (χ4v) is 2.26. The lowest BCUT2D eigenvalue weighted by atomic mass is 9.78. The van der Waals surface area contributed by atoms with Crippen LogP contribution in [0.1, 0.15) is 52.7 Å². The summed E-state index contributed by atoms with van der Waals surface area (Å²) in [6, 6.07) is 6.77. The van der Waals surface area contributed by atoms with E-state index in [4.69, 9.17) is 0 Å². The molecular formula is C17H23N. The number of fused-ring (bicyclic) bond motifs is 1. The molecule has 1 aromatic heterocycles. The highest BCUT2D eigenvalue weighted by Crippen LogP contribution is 2.34. The van der Waals surface area contributed by atoms with E-state index in [2.05, 4.69) is 64.7 Å². The van der Waals surface area contributed by atoms with E-state index in [9.17, 15) is 0 Å². The van der Waals surface area contributed by atoms with Gasteiger partial charge in [0.25, 0.3) is 0 Å². The topological polar surface area (TPSA) is 12.9 Å². The lowest BCUT2D eigenvalue weighted by Gasteiger charge is -2.26. The van der Waals surface area contributed by atoms with Gasteiger partial charge >= 0.3 is 0 Å². The average molecular weight is 241 g/mol. The Balaban J connectivity index is 2.81. The molecule has 1 heteroatoms. The zero-order valence-corrected chi connectivity index (χ0v) is 12.3. The maximum atomic E-state index is 4.26. The molecule has 0 unspecified atom stereocenters. The molecule has 0 bridgehead atoms. The van der Waals surface area contributed by atoms with E-state index in [0.717, 1.165) is 0 Å². The highest BCUT2D eigenvalue weighted by atomic mass is 14.6. The van der Waals surface area contributed by atoms with Crippen LogP contribution in [-0.4, -0.2) is 4.98 Å². The van der Waals surface area contributed by atoms with Gasteiger partial charge in [0.1, 0.15) is 0 Å². The average Bonchev–Trinajstić information content (AvgIpc) is 2.25. The number of hydrogen-bond acceptors (Lipinski definition) is 1. The molecule has 0 aliphatic heterocycles. The summed E-state index contributed by atoms with van der Waals surface area (Å²) in [4.78, 5) is 4.26. The minimum atomic E-state index is 0.154. The summed E-state index contributed by atoms with van der Waals surface area (Å²) >= 11 is 0. The molecule has 96 valence electrons. The largest absolute Gasteiger partial charge is 0.264 e. The van der Waals surface area contributed by atoms with E-state index in [-0.39, 0.29) is 10.8 Å². The van der Waals surface area contributed by atoms with E-state index in [1.165, 1.54) is 21.9 Å². The second-order valence-electron chi connectivity index (χ2n) is 7.12. The second-order valence-corrected chi connectivity index (χ2v) is 7.12. The molecule has 0 atom stereocenters. The second kappa shape index (κ2) is 4.08. The van der Waals surface area contributed by atoms with Gasteiger partial charge in [-0.05, 0) is 39.5 Å². The van der Waals surface area contributed by atoms with Crippen LogP contribution >= 0.6 is 0 Å². The van der Waals surface area contributed by atoms with Crippen molar-refractivity contribution in [3.05, 3.63) is 41.7 Å².